The Balaban J connectivity index is 1.63. The smallest absolute Gasteiger partial charge is 0.0693 e. The summed E-state index contributed by atoms with van der Waals surface area (Å²) in [4.78, 5) is 0. The Morgan fingerprint density at radius 3 is 2.87 bits per heavy atom. The number of hydrogen-bond acceptors (Lipinski definition) is 2. The van der Waals surface area contributed by atoms with E-state index in [0.29, 0.717) is 6.04 Å². The van der Waals surface area contributed by atoms with Crippen molar-refractivity contribution >= 4 is 0 Å². The van der Waals surface area contributed by atoms with Crippen molar-refractivity contribution in [2.75, 3.05) is 6.54 Å². The van der Waals surface area contributed by atoms with E-state index in [1.807, 2.05) is 0 Å². The van der Waals surface area contributed by atoms with Gasteiger partial charge in [0.05, 0.1) is 6.10 Å². The summed E-state index contributed by atoms with van der Waals surface area (Å²) in [6.45, 7) is 1.05. The SMILES string of the molecule is OC1CCCCC1NCCC1=CCCC1. The highest BCUT2D eigenvalue weighted by atomic mass is 16.3. The first-order valence-corrected chi connectivity index (χ1v) is 6.45. The van der Waals surface area contributed by atoms with Crippen LogP contribution >= 0.6 is 0 Å². The van der Waals surface area contributed by atoms with Crippen LogP contribution in [0.2, 0.25) is 0 Å². The molecule has 2 aliphatic rings. The molecule has 86 valence electrons. The number of aliphatic hydroxyl groups is 1. The first kappa shape index (κ1) is 11.2. The van der Waals surface area contributed by atoms with Gasteiger partial charge in [-0.05, 0) is 45.1 Å². The van der Waals surface area contributed by atoms with Crippen LogP contribution in [0.3, 0.4) is 0 Å². The van der Waals surface area contributed by atoms with Crippen molar-refractivity contribution < 1.29 is 5.11 Å². The average molecular weight is 209 g/mol. The van der Waals surface area contributed by atoms with Crippen molar-refractivity contribution in [1.29, 1.82) is 0 Å². The quantitative estimate of drug-likeness (QED) is 0.697. The van der Waals surface area contributed by atoms with Gasteiger partial charge in [0.2, 0.25) is 0 Å². The molecule has 0 amide bonds. The monoisotopic (exact) mass is 209 g/mol. The summed E-state index contributed by atoms with van der Waals surface area (Å²) in [6, 6.07) is 0.362. The molecule has 0 aromatic rings. The van der Waals surface area contributed by atoms with Gasteiger partial charge in [0.25, 0.3) is 0 Å². The topological polar surface area (TPSA) is 32.3 Å². The molecule has 15 heavy (non-hydrogen) atoms. The van der Waals surface area contributed by atoms with Gasteiger partial charge in [-0.3, -0.25) is 0 Å². The molecule has 0 aromatic heterocycles. The van der Waals surface area contributed by atoms with E-state index in [2.05, 4.69) is 11.4 Å². The minimum atomic E-state index is -0.101. The highest BCUT2D eigenvalue weighted by Gasteiger charge is 2.21. The summed E-state index contributed by atoms with van der Waals surface area (Å²) >= 11 is 0. The second-order valence-corrected chi connectivity index (χ2v) is 4.92. The fourth-order valence-corrected chi connectivity index (χ4v) is 2.73. The van der Waals surface area contributed by atoms with Crippen LogP contribution in [-0.2, 0) is 0 Å². The molecule has 0 heterocycles. The van der Waals surface area contributed by atoms with Gasteiger partial charge in [0.15, 0.2) is 0 Å². The van der Waals surface area contributed by atoms with Crippen LogP contribution in [-0.4, -0.2) is 23.8 Å². The van der Waals surface area contributed by atoms with Gasteiger partial charge in [0, 0.05) is 6.04 Å². The fourth-order valence-electron chi connectivity index (χ4n) is 2.73. The molecule has 0 aromatic carbocycles. The standard InChI is InChI=1S/C13H23NO/c15-13-8-4-3-7-12(13)14-10-9-11-5-1-2-6-11/h5,12-15H,1-4,6-10H2. The van der Waals surface area contributed by atoms with Crippen molar-refractivity contribution in [1.82, 2.24) is 5.32 Å². The molecule has 2 N–H and O–H groups in total. The third-order valence-electron chi connectivity index (χ3n) is 3.72. The first-order chi connectivity index (χ1) is 7.36. The molecular weight excluding hydrogens is 186 g/mol. The van der Waals surface area contributed by atoms with E-state index in [9.17, 15) is 5.11 Å². The van der Waals surface area contributed by atoms with Gasteiger partial charge in [-0.1, -0.05) is 24.5 Å². The molecule has 0 saturated heterocycles. The predicted molar refractivity (Wildman–Crippen MR) is 62.8 cm³/mol. The van der Waals surface area contributed by atoms with Crippen LogP contribution in [0.15, 0.2) is 11.6 Å². The summed E-state index contributed by atoms with van der Waals surface area (Å²) in [6.07, 6.45) is 12.0. The van der Waals surface area contributed by atoms with Crippen molar-refractivity contribution in [2.24, 2.45) is 0 Å². The fraction of sp³-hybridized carbons (Fsp3) is 0.846. The Hall–Kier alpha value is -0.340. The van der Waals surface area contributed by atoms with E-state index < -0.39 is 0 Å². The molecule has 2 heteroatoms. The van der Waals surface area contributed by atoms with Gasteiger partial charge in [-0.15, -0.1) is 0 Å². The van der Waals surface area contributed by atoms with E-state index in [1.165, 1.54) is 38.5 Å². The third-order valence-corrected chi connectivity index (χ3v) is 3.72. The Bertz CT molecular complexity index is 225. The normalized spacial score (nSPS) is 31.7. The lowest BCUT2D eigenvalue weighted by Crippen LogP contribution is -2.42. The average Bonchev–Trinajstić information content (AvgIpc) is 2.74. The number of allylic oxidation sites excluding steroid dienone is 1. The molecule has 2 aliphatic carbocycles. The third kappa shape index (κ3) is 3.32. The van der Waals surface area contributed by atoms with Gasteiger partial charge < -0.3 is 10.4 Å². The lowest BCUT2D eigenvalue weighted by Gasteiger charge is -2.28. The van der Waals surface area contributed by atoms with Crippen molar-refractivity contribution in [3.63, 3.8) is 0 Å². The van der Waals surface area contributed by atoms with Crippen molar-refractivity contribution in [3.05, 3.63) is 11.6 Å². The Morgan fingerprint density at radius 2 is 2.13 bits per heavy atom. The highest BCUT2D eigenvalue weighted by molar-refractivity contribution is 5.07. The zero-order valence-corrected chi connectivity index (χ0v) is 9.54. The van der Waals surface area contributed by atoms with Gasteiger partial charge in [-0.2, -0.15) is 0 Å². The van der Waals surface area contributed by atoms with Crippen molar-refractivity contribution in [3.8, 4) is 0 Å². The maximum absolute atomic E-state index is 9.78. The molecule has 1 saturated carbocycles. The highest BCUT2D eigenvalue weighted by Crippen LogP contribution is 2.21. The maximum Gasteiger partial charge on any atom is 0.0693 e. The van der Waals surface area contributed by atoms with E-state index in [-0.39, 0.29) is 6.10 Å². The minimum absolute atomic E-state index is 0.101. The van der Waals surface area contributed by atoms with Crippen LogP contribution in [0.5, 0.6) is 0 Å². The van der Waals surface area contributed by atoms with Crippen LogP contribution in [0.1, 0.15) is 51.4 Å². The molecular formula is C13H23NO. The van der Waals surface area contributed by atoms with Gasteiger partial charge in [-0.25, -0.2) is 0 Å². The summed E-state index contributed by atoms with van der Waals surface area (Å²) in [7, 11) is 0. The molecule has 0 spiro atoms. The molecule has 0 bridgehead atoms. The van der Waals surface area contributed by atoms with E-state index in [0.717, 1.165) is 19.4 Å². The number of nitrogens with one attached hydrogen (secondary N) is 1. The lowest BCUT2D eigenvalue weighted by molar-refractivity contribution is 0.0913. The number of hydrogen-bond donors (Lipinski definition) is 2. The maximum atomic E-state index is 9.78. The summed E-state index contributed by atoms with van der Waals surface area (Å²) < 4.78 is 0. The van der Waals surface area contributed by atoms with Gasteiger partial charge >= 0.3 is 0 Å². The number of rotatable bonds is 4. The lowest BCUT2D eigenvalue weighted by atomic mass is 9.92. The first-order valence-electron chi connectivity index (χ1n) is 6.45. The molecule has 1 fully saturated rings. The molecule has 2 atom stereocenters. The zero-order valence-electron chi connectivity index (χ0n) is 9.54. The molecule has 0 radical (unpaired) electrons. The van der Waals surface area contributed by atoms with Crippen LogP contribution in [0.25, 0.3) is 0 Å². The second kappa shape index (κ2) is 5.66. The van der Waals surface area contributed by atoms with Crippen LogP contribution in [0.4, 0.5) is 0 Å². The van der Waals surface area contributed by atoms with E-state index in [4.69, 9.17) is 0 Å². The Labute approximate surface area is 92.8 Å². The van der Waals surface area contributed by atoms with Crippen LogP contribution in [0, 0.1) is 0 Å². The summed E-state index contributed by atoms with van der Waals surface area (Å²) in [5.74, 6) is 0. The van der Waals surface area contributed by atoms with E-state index in [1.54, 1.807) is 5.57 Å². The van der Waals surface area contributed by atoms with Crippen molar-refractivity contribution in [2.45, 2.75) is 63.5 Å². The second-order valence-electron chi connectivity index (χ2n) is 4.92. The van der Waals surface area contributed by atoms with Crippen LogP contribution < -0.4 is 5.32 Å². The molecule has 2 rings (SSSR count). The summed E-state index contributed by atoms with van der Waals surface area (Å²) in [5, 5.41) is 13.3. The summed E-state index contributed by atoms with van der Waals surface area (Å²) in [5.41, 5.74) is 1.62. The zero-order chi connectivity index (χ0) is 10.5. The molecule has 2 unspecified atom stereocenters. The minimum Gasteiger partial charge on any atom is -0.392 e. The predicted octanol–water partition coefficient (Wildman–Crippen LogP) is 2.38. The van der Waals surface area contributed by atoms with E-state index >= 15 is 0 Å². The molecule has 0 aliphatic heterocycles. The largest absolute Gasteiger partial charge is 0.392 e. The Morgan fingerprint density at radius 1 is 1.27 bits per heavy atom. The Kier molecular flexibility index (Phi) is 4.21. The molecule has 2 nitrogen and oxygen atoms in total. The van der Waals surface area contributed by atoms with Gasteiger partial charge in [0.1, 0.15) is 0 Å². The number of aliphatic hydroxyl groups excluding tert-OH is 1.